The topological polar surface area (TPSA) is 47.3 Å². The lowest BCUT2D eigenvalue weighted by molar-refractivity contribution is 0.0108. The fraction of sp³-hybridized carbons (Fsp3) is 0.727. The van der Waals surface area contributed by atoms with Gasteiger partial charge in [-0.2, -0.15) is 0 Å². The maximum absolute atomic E-state index is 5.59. The van der Waals surface area contributed by atoms with Gasteiger partial charge in [0.1, 0.15) is 12.4 Å². The molecule has 1 aliphatic carbocycles. The van der Waals surface area contributed by atoms with Crippen molar-refractivity contribution in [2.24, 2.45) is 0 Å². The van der Waals surface area contributed by atoms with E-state index >= 15 is 0 Å². The Morgan fingerprint density at radius 3 is 3.00 bits per heavy atom. The summed E-state index contributed by atoms with van der Waals surface area (Å²) < 4.78 is 11.1. The van der Waals surface area contributed by atoms with Gasteiger partial charge in [0.15, 0.2) is 0 Å². The van der Waals surface area contributed by atoms with Gasteiger partial charge in [-0.3, -0.25) is 0 Å². The predicted molar refractivity (Wildman–Crippen MR) is 54.7 cm³/mol. The van der Waals surface area contributed by atoms with Crippen LogP contribution in [0.5, 0.6) is 0 Å². The van der Waals surface area contributed by atoms with E-state index in [-0.39, 0.29) is 6.10 Å². The van der Waals surface area contributed by atoms with Crippen molar-refractivity contribution in [3.63, 3.8) is 0 Å². The fourth-order valence-electron chi connectivity index (χ4n) is 2.06. The van der Waals surface area contributed by atoms with Crippen LogP contribution in [0, 0.1) is 0 Å². The molecule has 1 atom stereocenters. The van der Waals surface area contributed by atoms with E-state index < -0.39 is 0 Å². The molecule has 2 fully saturated rings. The van der Waals surface area contributed by atoms with Crippen molar-refractivity contribution in [2.75, 3.05) is 19.7 Å². The van der Waals surface area contributed by atoms with Crippen LogP contribution in [0.3, 0.4) is 0 Å². The van der Waals surface area contributed by atoms with Gasteiger partial charge in [0.25, 0.3) is 0 Å². The first-order valence-electron chi connectivity index (χ1n) is 5.71. The number of oxazole rings is 1. The van der Waals surface area contributed by atoms with Crippen molar-refractivity contribution >= 4 is 0 Å². The highest BCUT2D eigenvalue weighted by molar-refractivity contribution is 5.08. The summed E-state index contributed by atoms with van der Waals surface area (Å²) in [5.41, 5.74) is 1.12. The lowest BCUT2D eigenvalue weighted by atomic mass is 9.83. The summed E-state index contributed by atoms with van der Waals surface area (Å²) in [4.78, 5) is 4.52. The van der Waals surface area contributed by atoms with Crippen LogP contribution in [-0.2, 0) is 4.74 Å². The van der Waals surface area contributed by atoms with Crippen LogP contribution >= 0.6 is 0 Å². The van der Waals surface area contributed by atoms with Crippen molar-refractivity contribution in [1.82, 2.24) is 10.3 Å². The number of nitrogens with zero attached hydrogens (tertiary/aromatic N) is 1. The molecule has 1 aromatic heterocycles. The zero-order chi connectivity index (χ0) is 10.1. The highest BCUT2D eigenvalue weighted by Gasteiger charge is 2.26. The summed E-state index contributed by atoms with van der Waals surface area (Å²) in [5, 5.41) is 3.27. The Morgan fingerprint density at radius 1 is 1.40 bits per heavy atom. The first kappa shape index (κ1) is 9.36. The number of hydrogen-bond donors (Lipinski definition) is 1. The third-order valence-corrected chi connectivity index (χ3v) is 3.27. The molecule has 2 aliphatic rings. The van der Waals surface area contributed by atoms with Crippen molar-refractivity contribution in [3.8, 4) is 0 Å². The van der Waals surface area contributed by atoms with Crippen molar-refractivity contribution < 1.29 is 9.15 Å². The largest absolute Gasteiger partial charge is 0.446 e. The zero-order valence-electron chi connectivity index (χ0n) is 8.74. The summed E-state index contributed by atoms with van der Waals surface area (Å²) in [7, 11) is 0. The second-order valence-electron chi connectivity index (χ2n) is 4.30. The third-order valence-electron chi connectivity index (χ3n) is 3.27. The highest BCUT2D eigenvalue weighted by Crippen LogP contribution is 2.36. The maximum Gasteiger partial charge on any atom is 0.224 e. The second kappa shape index (κ2) is 3.94. The number of nitrogens with one attached hydrogen (secondary N) is 1. The Kier molecular flexibility index (Phi) is 2.46. The normalized spacial score (nSPS) is 27.6. The lowest BCUT2D eigenvalue weighted by Gasteiger charge is -2.23. The number of hydrogen-bond acceptors (Lipinski definition) is 4. The van der Waals surface area contributed by atoms with Gasteiger partial charge in [-0.15, -0.1) is 0 Å². The molecule has 15 heavy (non-hydrogen) atoms. The minimum atomic E-state index is 0.00702. The summed E-state index contributed by atoms with van der Waals surface area (Å²) in [5.74, 6) is 1.38. The first-order chi connectivity index (χ1) is 7.43. The number of ether oxygens (including phenoxy) is 1. The molecule has 2 heterocycles. The van der Waals surface area contributed by atoms with E-state index in [1.54, 1.807) is 6.26 Å². The van der Waals surface area contributed by atoms with Crippen LogP contribution in [-0.4, -0.2) is 24.7 Å². The van der Waals surface area contributed by atoms with E-state index in [0.717, 1.165) is 31.3 Å². The second-order valence-corrected chi connectivity index (χ2v) is 4.30. The van der Waals surface area contributed by atoms with Crippen LogP contribution in [0.1, 0.15) is 42.9 Å². The molecule has 0 spiro atoms. The molecule has 1 aliphatic heterocycles. The molecule has 0 radical (unpaired) electrons. The molecule has 1 saturated heterocycles. The molecule has 82 valence electrons. The quantitative estimate of drug-likeness (QED) is 0.802. The highest BCUT2D eigenvalue weighted by atomic mass is 16.5. The van der Waals surface area contributed by atoms with E-state index in [1.807, 2.05) is 0 Å². The molecule has 1 aromatic rings. The number of morpholine rings is 1. The minimum absolute atomic E-state index is 0.00702. The fourth-order valence-corrected chi connectivity index (χ4v) is 2.06. The Hall–Kier alpha value is -0.870. The Morgan fingerprint density at radius 2 is 2.33 bits per heavy atom. The van der Waals surface area contributed by atoms with E-state index in [0.29, 0.717) is 5.92 Å². The molecule has 4 nitrogen and oxygen atoms in total. The molecular formula is C11H16N2O2. The molecule has 3 rings (SSSR count). The Labute approximate surface area is 89.0 Å². The van der Waals surface area contributed by atoms with Crippen LogP contribution in [0.4, 0.5) is 0 Å². The average Bonchev–Trinajstić information content (AvgIpc) is 2.66. The van der Waals surface area contributed by atoms with E-state index in [9.17, 15) is 0 Å². The van der Waals surface area contributed by atoms with E-state index in [1.165, 1.54) is 19.3 Å². The predicted octanol–water partition coefficient (Wildman–Crippen LogP) is 1.60. The van der Waals surface area contributed by atoms with Crippen LogP contribution < -0.4 is 5.32 Å². The monoisotopic (exact) mass is 208 g/mol. The molecule has 0 aromatic carbocycles. The van der Waals surface area contributed by atoms with Crippen molar-refractivity contribution in [1.29, 1.82) is 0 Å². The van der Waals surface area contributed by atoms with Gasteiger partial charge >= 0.3 is 0 Å². The van der Waals surface area contributed by atoms with Gasteiger partial charge in [-0.05, 0) is 12.8 Å². The number of rotatable bonds is 2. The third kappa shape index (κ3) is 1.79. The summed E-state index contributed by atoms with van der Waals surface area (Å²) in [6, 6.07) is 0. The van der Waals surface area contributed by atoms with Gasteiger partial charge in [0.05, 0.1) is 12.3 Å². The summed E-state index contributed by atoms with van der Waals surface area (Å²) in [6.45, 7) is 2.48. The molecule has 4 heteroatoms. The van der Waals surface area contributed by atoms with Gasteiger partial charge in [-0.1, -0.05) is 6.42 Å². The van der Waals surface area contributed by atoms with Gasteiger partial charge < -0.3 is 14.5 Å². The lowest BCUT2D eigenvalue weighted by Crippen LogP contribution is -2.33. The summed E-state index contributed by atoms with van der Waals surface area (Å²) >= 11 is 0. The molecule has 0 bridgehead atoms. The molecule has 1 N–H and O–H groups in total. The Bertz CT molecular complexity index is 327. The molecule has 1 unspecified atom stereocenters. The standard InChI is InChI=1S/C11H16N2O2/c1-2-8(3-1)9-7-15-11(13-9)10-6-12-4-5-14-10/h7-8,10,12H,1-6H2. The first-order valence-corrected chi connectivity index (χ1v) is 5.71. The Balaban J connectivity index is 1.71. The van der Waals surface area contributed by atoms with Gasteiger partial charge in [0, 0.05) is 19.0 Å². The summed E-state index contributed by atoms with van der Waals surface area (Å²) in [6.07, 6.45) is 5.66. The SMILES string of the molecule is c1oc(C2CNCCO2)nc1C1CCC1. The van der Waals surface area contributed by atoms with E-state index in [2.05, 4.69) is 10.3 Å². The van der Waals surface area contributed by atoms with Crippen LogP contribution in [0.2, 0.25) is 0 Å². The van der Waals surface area contributed by atoms with Crippen LogP contribution in [0.15, 0.2) is 10.7 Å². The average molecular weight is 208 g/mol. The zero-order valence-corrected chi connectivity index (χ0v) is 8.74. The molecule has 1 saturated carbocycles. The van der Waals surface area contributed by atoms with Crippen LogP contribution in [0.25, 0.3) is 0 Å². The van der Waals surface area contributed by atoms with Crippen molar-refractivity contribution in [3.05, 3.63) is 17.8 Å². The maximum atomic E-state index is 5.59. The van der Waals surface area contributed by atoms with Gasteiger partial charge in [0.2, 0.25) is 5.89 Å². The molecular weight excluding hydrogens is 192 g/mol. The smallest absolute Gasteiger partial charge is 0.224 e. The van der Waals surface area contributed by atoms with Crippen molar-refractivity contribution in [2.45, 2.75) is 31.3 Å². The van der Waals surface area contributed by atoms with E-state index in [4.69, 9.17) is 9.15 Å². The molecule has 0 amide bonds. The number of aromatic nitrogens is 1. The minimum Gasteiger partial charge on any atom is -0.446 e. The van der Waals surface area contributed by atoms with Gasteiger partial charge in [-0.25, -0.2) is 4.98 Å².